The van der Waals surface area contributed by atoms with Crippen LogP contribution in [0, 0.1) is 5.92 Å². The molecule has 2 aliphatic heterocycles. The van der Waals surface area contributed by atoms with Crippen molar-refractivity contribution in [2.75, 3.05) is 6.54 Å². The van der Waals surface area contributed by atoms with Crippen LogP contribution in [0.3, 0.4) is 0 Å². The fourth-order valence-electron chi connectivity index (χ4n) is 2.46. The van der Waals surface area contributed by atoms with Crippen molar-refractivity contribution in [2.24, 2.45) is 5.92 Å². The third-order valence-electron chi connectivity index (χ3n) is 3.27. The second kappa shape index (κ2) is 3.09. The van der Waals surface area contributed by atoms with E-state index in [9.17, 15) is 4.79 Å². The quantitative estimate of drug-likeness (QED) is 0.640. The Morgan fingerprint density at radius 3 is 3.00 bits per heavy atom. The van der Waals surface area contributed by atoms with Gasteiger partial charge in [-0.15, -0.1) is 0 Å². The molecule has 14 heavy (non-hydrogen) atoms. The van der Waals surface area contributed by atoms with Gasteiger partial charge in [-0.25, -0.2) is 4.79 Å². The van der Waals surface area contributed by atoms with E-state index in [1.165, 1.54) is 5.57 Å². The number of cyclic esters (lactones) is 1. The molecule has 0 amide bonds. The predicted octanol–water partition coefficient (Wildman–Crippen LogP) is 1.25. The van der Waals surface area contributed by atoms with E-state index < -0.39 is 0 Å². The number of carbonyl (C=O) groups is 1. The summed E-state index contributed by atoms with van der Waals surface area (Å²) < 4.78 is 5.33. The largest absolute Gasteiger partial charge is 0.456 e. The van der Waals surface area contributed by atoms with E-state index in [1.807, 2.05) is 13.8 Å². The molecule has 0 saturated carbocycles. The van der Waals surface area contributed by atoms with Crippen LogP contribution >= 0.6 is 0 Å². The molecule has 3 nitrogen and oxygen atoms in total. The lowest BCUT2D eigenvalue weighted by atomic mass is 9.82. The first-order valence-electron chi connectivity index (χ1n) is 5.22. The molecule has 0 radical (unpaired) electrons. The molecule has 2 rings (SSSR count). The first-order valence-corrected chi connectivity index (χ1v) is 5.22. The Morgan fingerprint density at radius 1 is 1.64 bits per heavy atom. The molecule has 0 aromatic heterocycles. The Kier molecular flexibility index (Phi) is 2.14. The molecule has 0 bridgehead atoms. The number of rotatable bonds is 1. The first-order chi connectivity index (χ1) is 6.54. The lowest BCUT2D eigenvalue weighted by molar-refractivity contribution is -0.155. The van der Waals surface area contributed by atoms with Crippen LogP contribution < -0.4 is 5.32 Å². The number of hydrogen-bond donors (Lipinski definition) is 1. The number of esters is 1. The van der Waals surface area contributed by atoms with E-state index in [1.54, 1.807) is 6.08 Å². The van der Waals surface area contributed by atoms with Gasteiger partial charge in [0.1, 0.15) is 5.60 Å². The maximum atomic E-state index is 11.4. The Bertz CT molecular complexity index is 294. The summed E-state index contributed by atoms with van der Waals surface area (Å²) in [4.78, 5) is 11.4. The minimum Gasteiger partial charge on any atom is -0.456 e. The normalized spacial score (nSPS) is 34.8. The van der Waals surface area contributed by atoms with Crippen molar-refractivity contribution in [3.8, 4) is 0 Å². The molecule has 1 N–H and O–H groups in total. The highest BCUT2D eigenvalue weighted by Crippen LogP contribution is 2.37. The molecular weight excluding hydrogens is 178 g/mol. The van der Waals surface area contributed by atoms with Gasteiger partial charge in [0.2, 0.25) is 0 Å². The van der Waals surface area contributed by atoms with Crippen LogP contribution in [0.4, 0.5) is 0 Å². The van der Waals surface area contributed by atoms with E-state index in [-0.39, 0.29) is 11.6 Å². The number of hydrogen-bond acceptors (Lipinski definition) is 3. The maximum Gasteiger partial charge on any atom is 0.331 e. The SMILES string of the molecule is CCC1NCC2C1=CC(=O)OC2(C)C. The van der Waals surface area contributed by atoms with Gasteiger partial charge < -0.3 is 10.1 Å². The summed E-state index contributed by atoms with van der Waals surface area (Å²) in [6.07, 6.45) is 2.70. The summed E-state index contributed by atoms with van der Waals surface area (Å²) in [6, 6.07) is 0.368. The smallest absolute Gasteiger partial charge is 0.331 e. The predicted molar refractivity (Wildman–Crippen MR) is 53.8 cm³/mol. The fraction of sp³-hybridized carbons (Fsp3) is 0.727. The molecule has 2 unspecified atom stereocenters. The van der Waals surface area contributed by atoms with Gasteiger partial charge in [0, 0.05) is 24.6 Å². The number of nitrogens with one attached hydrogen (secondary N) is 1. The number of ether oxygens (including phenoxy) is 1. The third kappa shape index (κ3) is 1.36. The first kappa shape index (κ1) is 9.71. The molecule has 0 aromatic carbocycles. The van der Waals surface area contributed by atoms with E-state index in [0.717, 1.165) is 13.0 Å². The van der Waals surface area contributed by atoms with Gasteiger partial charge in [0.05, 0.1) is 0 Å². The van der Waals surface area contributed by atoms with Crippen LogP contribution in [0.2, 0.25) is 0 Å². The van der Waals surface area contributed by atoms with Gasteiger partial charge in [0.15, 0.2) is 0 Å². The zero-order chi connectivity index (χ0) is 10.3. The summed E-state index contributed by atoms with van der Waals surface area (Å²) in [6.45, 7) is 7.03. The molecule has 2 aliphatic rings. The van der Waals surface area contributed by atoms with Gasteiger partial charge >= 0.3 is 5.97 Å². The average Bonchev–Trinajstić information content (AvgIpc) is 2.46. The zero-order valence-corrected chi connectivity index (χ0v) is 8.96. The molecule has 1 saturated heterocycles. The van der Waals surface area contributed by atoms with Crippen LogP contribution in [0.25, 0.3) is 0 Å². The monoisotopic (exact) mass is 195 g/mol. The molecule has 2 atom stereocenters. The van der Waals surface area contributed by atoms with Crippen molar-refractivity contribution in [1.82, 2.24) is 5.32 Å². The Balaban J connectivity index is 2.34. The molecule has 2 heterocycles. The zero-order valence-electron chi connectivity index (χ0n) is 8.96. The molecule has 3 heteroatoms. The van der Waals surface area contributed by atoms with Gasteiger partial charge in [-0.05, 0) is 25.8 Å². The highest BCUT2D eigenvalue weighted by Gasteiger charge is 2.44. The lowest BCUT2D eigenvalue weighted by Crippen LogP contribution is -2.41. The Labute approximate surface area is 84.5 Å². The number of fused-ring (bicyclic) bond motifs is 1. The van der Waals surface area contributed by atoms with Crippen LogP contribution in [0.15, 0.2) is 11.6 Å². The van der Waals surface area contributed by atoms with E-state index >= 15 is 0 Å². The molecule has 78 valence electrons. The highest BCUT2D eigenvalue weighted by atomic mass is 16.6. The topological polar surface area (TPSA) is 38.3 Å². The fourth-order valence-corrected chi connectivity index (χ4v) is 2.46. The number of carbonyl (C=O) groups excluding carboxylic acids is 1. The molecule has 0 aliphatic carbocycles. The van der Waals surface area contributed by atoms with E-state index in [4.69, 9.17) is 4.74 Å². The molecular formula is C11H17NO2. The van der Waals surface area contributed by atoms with Crippen molar-refractivity contribution < 1.29 is 9.53 Å². The summed E-state index contributed by atoms with van der Waals surface area (Å²) in [5.74, 6) is 0.161. The van der Waals surface area contributed by atoms with E-state index in [0.29, 0.717) is 12.0 Å². The van der Waals surface area contributed by atoms with Crippen molar-refractivity contribution in [3.05, 3.63) is 11.6 Å². The third-order valence-corrected chi connectivity index (χ3v) is 3.27. The minimum atomic E-state index is -0.349. The second-order valence-electron chi connectivity index (χ2n) is 4.59. The molecule has 0 spiro atoms. The van der Waals surface area contributed by atoms with Crippen molar-refractivity contribution >= 4 is 5.97 Å². The van der Waals surface area contributed by atoms with Crippen molar-refractivity contribution in [3.63, 3.8) is 0 Å². The summed E-state index contributed by atoms with van der Waals surface area (Å²) in [7, 11) is 0. The van der Waals surface area contributed by atoms with Gasteiger partial charge in [-0.2, -0.15) is 0 Å². The lowest BCUT2D eigenvalue weighted by Gasteiger charge is -2.35. The van der Waals surface area contributed by atoms with Crippen molar-refractivity contribution in [1.29, 1.82) is 0 Å². The minimum absolute atomic E-state index is 0.191. The maximum absolute atomic E-state index is 11.4. The summed E-state index contributed by atoms with van der Waals surface area (Å²) in [5, 5.41) is 3.42. The molecule has 0 aromatic rings. The van der Waals surface area contributed by atoms with Gasteiger partial charge in [-0.1, -0.05) is 6.92 Å². The van der Waals surface area contributed by atoms with Gasteiger partial charge in [0.25, 0.3) is 0 Å². The van der Waals surface area contributed by atoms with Crippen LogP contribution in [-0.4, -0.2) is 24.2 Å². The molecule has 1 fully saturated rings. The standard InChI is InChI=1S/C11H17NO2/c1-4-9-7-5-10(13)14-11(2,3)8(7)6-12-9/h5,8-9,12H,4,6H2,1-3H3. The summed E-state index contributed by atoms with van der Waals surface area (Å²) >= 11 is 0. The van der Waals surface area contributed by atoms with Crippen molar-refractivity contribution in [2.45, 2.75) is 38.8 Å². The second-order valence-corrected chi connectivity index (χ2v) is 4.59. The average molecular weight is 195 g/mol. The van der Waals surface area contributed by atoms with Crippen LogP contribution in [-0.2, 0) is 9.53 Å². The van der Waals surface area contributed by atoms with E-state index in [2.05, 4.69) is 12.2 Å². The Hall–Kier alpha value is -0.830. The van der Waals surface area contributed by atoms with Crippen LogP contribution in [0.1, 0.15) is 27.2 Å². The van der Waals surface area contributed by atoms with Crippen LogP contribution in [0.5, 0.6) is 0 Å². The summed E-state index contributed by atoms with van der Waals surface area (Å²) in [5.41, 5.74) is 0.881. The Morgan fingerprint density at radius 2 is 2.36 bits per heavy atom. The highest BCUT2D eigenvalue weighted by molar-refractivity contribution is 5.85. The van der Waals surface area contributed by atoms with Gasteiger partial charge in [-0.3, -0.25) is 0 Å².